The van der Waals surface area contributed by atoms with Crippen LogP contribution in [0.3, 0.4) is 0 Å². The van der Waals surface area contributed by atoms with E-state index in [1.165, 1.54) is 4.88 Å². The lowest BCUT2D eigenvalue weighted by Gasteiger charge is -2.08. The third-order valence-corrected chi connectivity index (χ3v) is 2.56. The molecule has 1 aromatic heterocycles. The fourth-order valence-corrected chi connectivity index (χ4v) is 1.72. The monoisotopic (exact) mass is 220 g/mol. The van der Waals surface area contributed by atoms with E-state index >= 15 is 0 Å². The summed E-state index contributed by atoms with van der Waals surface area (Å²) in [5, 5.41) is 3.27. The van der Waals surface area contributed by atoms with Crippen molar-refractivity contribution < 1.29 is 4.74 Å². The Morgan fingerprint density at radius 2 is 2.62 bits per heavy atom. The first-order chi connectivity index (χ1) is 6.33. The third-order valence-electron chi connectivity index (χ3n) is 1.50. The number of rotatable bonds is 6. The van der Waals surface area contributed by atoms with Crippen LogP contribution >= 0.6 is 22.9 Å². The number of nitrogens with zero attached hydrogens (tertiary/aromatic N) is 1. The molecule has 0 aliphatic heterocycles. The first-order valence-corrected chi connectivity index (χ1v) is 5.35. The van der Waals surface area contributed by atoms with Crippen molar-refractivity contribution in [3.63, 3.8) is 0 Å². The highest BCUT2D eigenvalue weighted by atomic mass is 35.5. The van der Waals surface area contributed by atoms with Gasteiger partial charge in [0.1, 0.15) is 0 Å². The van der Waals surface area contributed by atoms with Crippen molar-refractivity contribution >= 4 is 22.9 Å². The summed E-state index contributed by atoms with van der Waals surface area (Å²) in [6.07, 6.45) is 1.86. The summed E-state index contributed by atoms with van der Waals surface area (Å²) < 4.78 is 4.91. The van der Waals surface area contributed by atoms with Gasteiger partial charge in [0.05, 0.1) is 17.5 Å². The van der Waals surface area contributed by atoms with Gasteiger partial charge < -0.3 is 10.1 Å². The van der Waals surface area contributed by atoms with Crippen molar-refractivity contribution in [1.82, 2.24) is 10.3 Å². The number of aromatic nitrogens is 1. The van der Waals surface area contributed by atoms with Crippen molar-refractivity contribution in [1.29, 1.82) is 0 Å². The minimum absolute atomic E-state index is 0.0397. The molecule has 1 rings (SSSR count). The second-order valence-corrected chi connectivity index (χ2v) is 4.24. The first kappa shape index (κ1) is 10.9. The molecule has 3 nitrogen and oxygen atoms in total. The van der Waals surface area contributed by atoms with E-state index in [-0.39, 0.29) is 5.38 Å². The predicted octanol–water partition coefficient (Wildman–Crippen LogP) is 1.49. The van der Waals surface area contributed by atoms with E-state index in [4.69, 9.17) is 16.3 Å². The van der Waals surface area contributed by atoms with Gasteiger partial charge in [0, 0.05) is 31.3 Å². The predicted molar refractivity (Wildman–Crippen MR) is 55.3 cm³/mol. The molecule has 0 fully saturated rings. The maximum absolute atomic E-state index is 5.92. The average Bonchev–Trinajstić information content (AvgIpc) is 2.57. The van der Waals surface area contributed by atoms with Gasteiger partial charge in [-0.2, -0.15) is 0 Å². The van der Waals surface area contributed by atoms with E-state index in [1.807, 2.05) is 11.7 Å². The SMILES string of the molecule is COCC(Cl)CNCc1cncs1. The zero-order valence-corrected chi connectivity index (χ0v) is 9.07. The molecule has 0 bridgehead atoms. The van der Waals surface area contributed by atoms with Crippen molar-refractivity contribution in [2.75, 3.05) is 20.3 Å². The fraction of sp³-hybridized carbons (Fsp3) is 0.625. The summed E-state index contributed by atoms with van der Waals surface area (Å²) in [6.45, 7) is 2.17. The van der Waals surface area contributed by atoms with E-state index in [2.05, 4.69) is 10.3 Å². The summed E-state index contributed by atoms with van der Waals surface area (Å²) in [6, 6.07) is 0. The van der Waals surface area contributed by atoms with Crippen molar-refractivity contribution in [3.05, 3.63) is 16.6 Å². The Morgan fingerprint density at radius 3 is 3.23 bits per heavy atom. The molecule has 1 heterocycles. The molecule has 0 saturated heterocycles. The van der Waals surface area contributed by atoms with Crippen LogP contribution in [0.25, 0.3) is 0 Å². The quantitative estimate of drug-likeness (QED) is 0.738. The highest BCUT2D eigenvalue weighted by Crippen LogP contribution is 2.04. The summed E-state index contributed by atoms with van der Waals surface area (Å²) in [7, 11) is 1.65. The van der Waals surface area contributed by atoms with Crippen molar-refractivity contribution in [2.24, 2.45) is 0 Å². The number of hydrogen-bond donors (Lipinski definition) is 1. The van der Waals surface area contributed by atoms with E-state index in [1.54, 1.807) is 18.4 Å². The van der Waals surface area contributed by atoms with Gasteiger partial charge in [-0.25, -0.2) is 0 Å². The van der Waals surface area contributed by atoms with Gasteiger partial charge in [0.25, 0.3) is 0 Å². The number of thiazole rings is 1. The second-order valence-electron chi connectivity index (χ2n) is 2.65. The number of alkyl halides is 1. The van der Waals surface area contributed by atoms with E-state index in [9.17, 15) is 0 Å². The molecule has 0 amide bonds. The molecular formula is C8H13ClN2OS. The molecule has 5 heteroatoms. The lowest BCUT2D eigenvalue weighted by atomic mass is 10.4. The highest BCUT2D eigenvalue weighted by Gasteiger charge is 2.02. The largest absolute Gasteiger partial charge is 0.383 e. The zero-order valence-electron chi connectivity index (χ0n) is 7.50. The Morgan fingerprint density at radius 1 is 1.77 bits per heavy atom. The standard InChI is InChI=1S/C8H13ClN2OS/c1-12-5-7(9)2-10-3-8-4-11-6-13-8/h4,6-7,10H,2-3,5H2,1H3. The molecule has 0 radical (unpaired) electrons. The van der Waals surface area contributed by atoms with Gasteiger partial charge in [-0.15, -0.1) is 22.9 Å². The number of nitrogens with one attached hydrogen (secondary N) is 1. The van der Waals surface area contributed by atoms with E-state index < -0.39 is 0 Å². The van der Waals surface area contributed by atoms with Crippen LogP contribution in [-0.2, 0) is 11.3 Å². The number of ether oxygens (including phenoxy) is 1. The van der Waals surface area contributed by atoms with E-state index in [0.29, 0.717) is 6.61 Å². The maximum atomic E-state index is 5.92. The molecule has 1 atom stereocenters. The summed E-state index contributed by atoms with van der Waals surface area (Å²) in [5.74, 6) is 0. The van der Waals surface area contributed by atoms with Crippen LogP contribution < -0.4 is 5.32 Å². The first-order valence-electron chi connectivity index (χ1n) is 4.04. The fourth-order valence-electron chi connectivity index (χ4n) is 0.921. The molecule has 0 aromatic carbocycles. The van der Waals surface area contributed by atoms with Crippen LogP contribution in [0.1, 0.15) is 4.88 Å². The summed E-state index contributed by atoms with van der Waals surface area (Å²) in [4.78, 5) is 5.20. The maximum Gasteiger partial charge on any atom is 0.0794 e. The van der Waals surface area contributed by atoms with Crippen LogP contribution in [0, 0.1) is 0 Å². The lowest BCUT2D eigenvalue weighted by molar-refractivity contribution is 0.197. The van der Waals surface area contributed by atoms with Gasteiger partial charge in [-0.1, -0.05) is 0 Å². The second kappa shape index (κ2) is 6.32. The lowest BCUT2D eigenvalue weighted by Crippen LogP contribution is -2.25. The van der Waals surface area contributed by atoms with Gasteiger partial charge in [0.15, 0.2) is 0 Å². The Labute approximate surface area is 87.1 Å². The van der Waals surface area contributed by atoms with Crippen molar-refractivity contribution in [2.45, 2.75) is 11.9 Å². The van der Waals surface area contributed by atoms with Gasteiger partial charge >= 0.3 is 0 Å². The zero-order chi connectivity index (χ0) is 9.52. The topological polar surface area (TPSA) is 34.1 Å². The Balaban J connectivity index is 2.07. The molecule has 0 saturated carbocycles. The minimum Gasteiger partial charge on any atom is -0.383 e. The highest BCUT2D eigenvalue weighted by molar-refractivity contribution is 7.09. The molecule has 1 N–H and O–H groups in total. The molecule has 1 aromatic rings. The number of halogens is 1. The summed E-state index contributed by atoms with van der Waals surface area (Å²) in [5.41, 5.74) is 1.82. The molecule has 74 valence electrons. The Hall–Kier alpha value is -0.160. The van der Waals surface area contributed by atoms with Gasteiger partial charge in [-0.3, -0.25) is 4.98 Å². The summed E-state index contributed by atoms with van der Waals surface area (Å²) >= 11 is 7.56. The molecule has 0 aliphatic rings. The van der Waals surface area contributed by atoms with Crippen molar-refractivity contribution in [3.8, 4) is 0 Å². The number of methoxy groups -OCH3 is 1. The minimum atomic E-state index is 0.0397. The Kier molecular flexibility index (Phi) is 5.31. The average molecular weight is 221 g/mol. The van der Waals surface area contributed by atoms with Crippen LogP contribution in [0.4, 0.5) is 0 Å². The van der Waals surface area contributed by atoms with E-state index in [0.717, 1.165) is 13.1 Å². The van der Waals surface area contributed by atoms with Crippen LogP contribution in [0.2, 0.25) is 0 Å². The molecular weight excluding hydrogens is 208 g/mol. The number of hydrogen-bond acceptors (Lipinski definition) is 4. The third kappa shape index (κ3) is 4.57. The molecule has 0 spiro atoms. The van der Waals surface area contributed by atoms with Crippen LogP contribution in [-0.4, -0.2) is 30.6 Å². The normalized spacial score (nSPS) is 13.1. The molecule has 1 unspecified atom stereocenters. The van der Waals surface area contributed by atoms with Crippen LogP contribution in [0.15, 0.2) is 11.7 Å². The van der Waals surface area contributed by atoms with Crippen LogP contribution in [0.5, 0.6) is 0 Å². The van der Waals surface area contributed by atoms with Gasteiger partial charge in [0.2, 0.25) is 0 Å². The van der Waals surface area contributed by atoms with Gasteiger partial charge in [-0.05, 0) is 0 Å². The molecule has 13 heavy (non-hydrogen) atoms. The Bertz CT molecular complexity index is 218. The smallest absolute Gasteiger partial charge is 0.0794 e. The molecule has 0 aliphatic carbocycles.